The summed E-state index contributed by atoms with van der Waals surface area (Å²) in [4.78, 5) is 0. The molecule has 0 fully saturated rings. The Hall–Kier alpha value is -1.30. The summed E-state index contributed by atoms with van der Waals surface area (Å²) in [5.74, 6) is 2.05. The van der Waals surface area contributed by atoms with Gasteiger partial charge in [-0.3, -0.25) is 0 Å². The van der Waals surface area contributed by atoms with Crippen LogP contribution in [0.1, 0.15) is 69.6 Å². The van der Waals surface area contributed by atoms with Crippen molar-refractivity contribution in [2.24, 2.45) is 11.8 Å². The molecule has 1 aromatic carbocycles. The number of hydrogen-bond acceptors (Lipinski definition) is 0. The fourth-order valence-corrected chi connectivity index (χ4v) is 4.11. The largest absolute Gasteiger partial charge is 0.0998 e. The van der Waals surface area contributed by atoms with Gasteiger partial charge in [0, 0.05) is 0 Å². The van der Waals surface area contributed by atoms with Crippen LogP contribution in [-0.4, -0.2) is 0 Å². The summed E-state index contributed by atoms with van der Waals surface area (Å²) in [6, 6.07) is 7.00. The number of hydrogen-bond donors (Lipinski definition) is 0. The highest BCUT2D eigenvalue weighted by molar-refractivity contribution is 5.72. The molecule has 0 nitrogen and oxygen atoms in total. The van der Waals surface area contributed by atoms with Gasteiger partial charge in [0.05, 0.1) is 0 Å². The van der Waals surface area contributed by atoms with E-state index in [4.69, 9.17) is 0 Å². The minimum Gasteiger partial charge on any atom is -0.0998 e. The van der Waals surface area contributed by atoms with Crippen molar-refractivity contribution in [2.75, 3.05) is 0 Å². The van der Waals surface area contributed by atoms with Crippen molar-refractivity contribution in [1.82, 2.24) is 0 Å². The molecule has 2 rings (SSSR count). The number of fused-ring (bicyclic) bond motifs is 1. The average molecular weight is 282 g/mol. The van der Waals surface area contributed by atoms with Crippen LogP contribution in [0, 0.1) is 11.8 Å². The molecule has 0 N–H and O–H groups in total. The van der Waals surface area contributed by atoms with Crippen molar-refractivity contribution < 1.29 is 0 Å². The first-order valence-corrected chi connectivity index (χ1v) is 8.45. The van der Waals surface area contributed by atoms with Gasteiger partial charge in [0.1, 0.15) is 0 Å². The first kappa shape index (κ1) is 16.1. The molecule has 0 amide bonds. The highest BCUT2D eigenvalue weighted by atomic mass is 14.4. The second-order valence-corrected chi connectivity index (χ2v) is 6.84. The van der Waals surface area contributed by atoms with Crippen molar-refractivity contribution >= 4 is 5.57 Å². The molecule has 0 bridgehead atoms. The van der Waals surface area contributed by atoms with Gasteiger partial charge in [0.15, 0.2) is 0 Å². The van der Waals surface area contributed by atoms with Gasteiger partial charge in [-0.15, -0.1) is 0 Å². The molecule has 3 unspecified atom stereocenters. The Labute approximate surface area is 131 Å². The Balaban J connectivity index is 2.43. The third kappa shape index (κ3) is 3.15. The fourth-order valence-electron chi connectivity index (χ4n) is 4.11. The standard InChI is InChI=1S/C21H30/c1-7-9-19-16(6)21-13-17(12-14(3)4)10-11-20(21)15(5)18(19)8-2/h10-11,13,15,18-19H,3,6-9,12H2,1-2,4-5H3. The molecular formula is C21H30. The first-order valence-electron chi connectivity index (χ1n) is 8.45. The van der Waals surface area contributed by atoms with Crippen LogP contribution in [0.25, 0.3) is 5.57 Å². The molecule has 1 aliphatic rings. The van der Waals surface area contributed by atoms with Crippen molar-refractivity contribution in [1.29, 1.82) is 0 Å². The predicted octanol–water partition coefficient (Wildman–Crippen LogP) is 6.38. The van der Waals surface area contributed by atoms with Crippen LogP contribution in [0.5, 0.6) is 0 Å². The molecule has 1 aromatic rings. The van der Waals surface area contributed by atoms with E-state index in [9.17, 15) is 0 Å². The van der Waals surface area contributed by atoms with E-state index in [1.807, 2.05) is 0 Å². The fraction of sp³-hybridized carbons (Fsp3) is 0.524. The lowest BCUT2D eigenvalue weighted by Crippen LogP contribution is -2.27. The minimum absolute atomic E-state index is 0.644. The van der Waals surface area contributed by atoms with E-state index in [-0.39, 0.29) is 0 Å². The number of benzene rings is 1. The molecule has 0 heteroatoms. The molecule has 0 spiro atoms. The molecule has 0 saturated heterocycles. The van der Waals surface area contributed by atoms with Crippen molar-refractivity contribution in [3.8, 4) is 0 Å². The smallest absolute Gasteiger partial charge is 0.00724 e. The maximum Gasteiger partial charge on any atom is -0.00724 e. The van der Waals surface area contributed by atoms with Gasteiger partial charge in [0.2, 0.25) is 0 Å². The molecule has 0 radical (unpaired) electrons. The predicted molar refractivity (Wildman–Crippen MR) is 94.6 cm³/mol. The van der Waals surface area contributed by atoms with Crippen LogP contribution >= 0.6 is 0 Å². The van der Waals surface area contributed by atoms with E-state index >= 15 is 0 Å². The van der Waals surface area contributed by atoms with Gasteiger partial charge >= 0.3 is 0 Å². The molecule has 0 aromatic heterocycles. The zero-order valence-corrected chi connectivity index (χ0v) is 14.2. The second kappa shape index (κ2) is 6.64. The van der Waals surface area contributed by atoms with Crippen LogP contribution in [0.2, 0.25) is 0 Å². The van der Waals surface area contributed by atoms with Crippen molar-refractivity contribution in [2.45, 2.75) is 59.3 Å². The van der Waals surface area contributed by atoms with Crippen LogP contribution < -0.4 is 0 Å². The lowest BCUT2D eigenvalue weighted by Gasteiger charge is -2.39. The monoisotopic (exact) mass is 282 g/mol. The van der Waals surface area contributed by atoms with E-state index in [2.05, 4.69) is 59.1 Å². The summed E-state index contributed by atoms with van der Waals surface area (Å²) in [5.41, 5.74) is 6.90. The summed E-state index contributed by atoms with van der Waals surface area (Å²) in [7, 11) is 0. The average Bonchev–Trinajstić information content (AvgIpc) is 2.44. The Bertz CT molecular complexity index is 535. The van der Waals surface area contributed by atoms with E-state index in [0.29, 0.717) is 11.8 Å². The molecule has 0 heterocycles. The van der Waals surface area contributed by atoms with E-state index in [0.717, 1.165) is 12.3 Å². The van der Waals surface area contributed by atoms with Crippen LogP contribution in [0.3, 0.4) is 0 Å². The molecule has 21 heavy (non-hydrogen) atoms. The minimum atomic E-state index is 0.644. The Morgan fingerprint density at radius 3 is 2.52 bits per heavy atom. The Kier molecular flexibility index (Phi) is 5.08. The quantitative estimate of drug-likeness (QED) is 0.550. The van der Waals surface area contributed by atoms with Gasteiger partial charge in [0.25, 0.3) is 0 Å². The maximum absolute atomic E-state index is 4.49. The normalized spacial score (nSPS) is 24.8. The lowest BCUT2D eigenvalue weighted by atomic mass is 9.65. The maximum atomic E-state index is 4.49. The van der Waals surface area contributed by atoms with Crippen molar-refractivity contribution in [3.63, 3.8) is 0 Å². The third-order valence-corrected chi connectivity index (χ3v) is 5.14. The topological polar surface area (TPSA) is 0 Å². The Morgan fingerprint density at radius 2 is 1.95 bits per heavy atom. The zero-order valence-electron chi connectivity index (χ0n) is 14.2. The van der Waals surface area contributed by atoms with Gasteiger partial charge in [-0.2, -0.15) is 0 Å². The van der Waals surface area contributed by atoms with Crippen LogP contribution in [-0.2, 0) is 6.42 Å². The Morgan fingerprint density at radius 1 is 1.24 bits per heavy atom. The molecule has 0 aliphatic heterocycles. The number of allylic oxidation sites excluding steroid dienone is 2. The third-order valence-electron chi connectivity index (χ3n) is 5.14. The number of rotatable bonds is 5. The SMILES string of the molecule is C=C(C)Cc1ccc2c(c1)C(=C)C(CCC)C(CC)C2C. The molecule has 0 saturated carbocycles. The van der Waals surface area contributed by atoms with Gasteiger partial charge < -0.3 is 0 Å². The van der Waals surface area contributed by atoms with E-state index in [1.54, 1.807) is 0 Å². The molecule has 1 aliphatic carbocycles. The van der Waals surface area contributed by atoms with Crippen LogP contribution in [0.4, 0.5) is 0 Å². The second-order valence-electron chi connectivity index (χ2n) is 6.84. The highest BCUT2D eigenvalue weighted by Gasteiger charge is 2.34. The van der Waals surface area contributed by atoms with E-state index < -0.39 is 0 Å². The molecular weight excluding hydrogens is 252 g/mol. The van der Waals surface area contributed by atoms with Crippen molar-refractivity contribution in [3.05, 3.63) is 53.6 Å². The summed E-state index contributed by atoms with van der Waals surface area (Å²) in [6.45, 7) is 17.7. The zero-order chi connectivity index (χ0) is 15.6. The summed E-state index contributed by atoms with van der Waals surface area (Å²) in [5, 5.41) is 0. The summed E-state index contributed by atoms with van der Waals surface area (Å²) >= 11 is 0. The van der Waals surface area contributed by atoms with Gasteiger partial charge in [-0.25, -0.2) is 0 Å². The summed E-state index contributed by atoms with van der Waals surface area (Å²) in [6.07, 6.45) is 4.74. The summed E-state index contributed by atoms with van der Waals surface area (Å²) < 4.78 is 0. The molecule has 114 valence electrons. The molecule has 3 atom stereocenters. The van der Waals surface area contributed by atoms with E-state index in [1.165, 1.54) is 47.1 Å². The van der Waals surface area contributed by atoms with Crippen LogP contribution in [0.15, 0.2) is 36.9 Å². The lowest BCUT2D eigenvalue weighted by molar-refractivity contribution is 0.311. The highest BCUT2D eigenvalue weighted by Crippen LogP contribution is 2.48. The first-order chi connectivity index (χ1) is 9.99. The van der Waals surface area contributed by atoms with Gasteiger partial charge in [-0.1, -0.05) is 70.5 Å². The van der Waals surface area contributed by atoms with Gasteiger partial charge in [-0.05, 0) is 59.8 Å².